The third-order valence-electron chi connectivity index (χ3n) is 3.00. The highest BCUT2D eigenvalue weighted by atomic mass is 16.2. The summed E-state index contributed by atoms with van der Waals surface area (Å²) in [5, 5.41) is 12.0. The Morgan fingerprint density at radius 2 is 2.00 bits per heavy atom. The molecule has 0 aliphatic heterocycles. The number of amides is 1. The number of nitrogens with zero attached hydrogens (tertiary/aromatic N) is 2. The molecule has 0 aromatic heterocycles. The lowest BCUT2D eigenvalue weighted by molar-refractivity contribution is -0.131. The zero-order valence-corrected chi connectivity index (χ0v) is 12.4. The molecular weight excluding hydrogens is 250 g/mol. The first-order chi connectivity index (χ1) is 9.71. The van der Waals surface area contributed by atoms with E-state index in [1.165, 1.54) is 0 Å². The first-order valence-electron chi connectivity index (χ1n) is 7.23. The monoisotopic (exact) mass is 273 g/mol. The van der Waals surface area contributed by atoms with E-state index in [1.54, 1.807) is 12.1 Å². The van der Waals surface area contributed by atoms with Crippen LogP contribution < -0.4 is 5.32 Å². The van der Waals surface area contributed by atoms with E-state index in [0.717, 1.165) is 31.6 Å². The van der Waals surface area contributed by atoms with Crippen LogP contribution in [0.15, 0.2) is 24.3 Å². The molecule has 4 nitrogen and oxygen atoms in total. The molecule has 0 unspecified atom stereocenters. The van der Waals surface area contributed by atoms with E-state index < -0.39 is 0 Å². The number of nitriles is 1. The molecule has 0 fully saturated rings. The minimum Gasteiger partial charge on any atom is -0.384 e. The molecule has 1 amide bonds. The van der Waals surface area contributed by atoms with E-state index in [4.69, 9.17) is 5.26 Å². The van der Waals surface area contributed by atoms with Crippen molar-refractivity contribution in [1.29, 1.82) is 5.26 Å². The highest BCUT2D eigenvalue weighted by Gasteiger charge is 2.10. The first kappa shape index (κ1) is 16.0. The van der Waals surface area contributed by atoms with Crippen LogP contribution in [-0.4, -0.2) is 30.4 Å². The van der Waals surface area contributed by atoms with Crippen molar-refractivity contribution in [2.45, 2.75) is 33.1 Å². The molecule has 20 heavy (non-hydrogen) atoms. The number of carbonyl (C=O) groups is 1. The van der Waals surface area contributed by atoms with Gasteiger partial charge in [0.25, 0.3) is 0 Å². The second-order valence-corrected chi connectivity index (χ2v) is 4.75. The minimum atomic E-state index is 0.192. The third kappa shape index (κ3) is 5.31. The molecule has 1 rings (SSSR count). The van der Waals surface area contributed by atoms with E-state index in [9.17, 15) is 4.79 Å². The van der Waals surface area contributed by atoms with Crippen molar-refractivity contribution in [2.24, 2.45) is 0 Å². The molecule has 0 saturated carbocycles. The minimum absolute atomic E-state index is 0.192. The van der Waals surface area contributed by atoms with Crippen LogP contribution in [0, 0.1) is 11.3 Å². The summed E-state index contributed by atoms with van der Waals surface area (Å²) in [6.45, 7) is 6.42. The summed E-state index contributed by atoms with van der Waals surface area (Å²) in [4.78, 5) is 14.0. The van der Waals surface area contributed by atoms with Gasteiger partial charge in [0.05, 0.1) is 11.6 Å². The Morgan fingerprint density at radius 3 is 2.60 bits per heavy atom. The van der Waals surface area contributed by atoms with Gasteiger partial charge in [-0.05, 0) is 31.0 Å². The lowest BCUT2D eigenvalue weighted by Crippen LogP contribution is -2.33. The molecule has 0 spiro atoms. The molecule has 1 aromatic rings. The van der Waals surface area contributed by atoms with E-state index in [-0.39, 0.29) is 5.91 Å². The fourth-order valence-electron chi connectivity index (χ4n) is 2.07. The molecule has 0 atom stereocenters. The molecule has 0 radical (unpaired) electrons. The fourth-order valence-corrected chi connectivity index (χ4v) is 2.07. The maximum atomic E-state index is 12.1. The highest BCUT2D eigenvalue weighted by molar-refractivity contribution is 5.76. The number of hydrogen-bond acceptors (Lipinski definition) is 3. The number of benzene rings is 1. The van der Waals surface area contributed by atoms with Crippen molar-refractivity contribution in [3.05, 3.63) is 29.8 Å². The lowest BCUT2D eigenvalue weighted by Gasteiger charge is -2.21. The fraction of sp³-hybridized carbons (Fsp3) is 0.500. The highest BCUT2D eigenvalue weighted by Crippen LogP contribution is 2.09. The molecule has 0 aliphatic rings. The summed E-state index contributed by atoms with van der Waals surface area (Å²) in [5.41, 5.74) is 1.51. The Bertz CT molecular complexity index is 459. The Labute approximate surface area is 121 Å². The Balaban J connectivity index is 2.42. The van der Waals surface area contributed by atoms with Gasteiger partial charge in [-0.1, -0.05) is 19.9 Å². The molecule has 0 heterocycles. The van der Waals surface area contributed by atoms with Gasteiger partial charge in [-0.2, -0.15) is 5.26 Å². The number of rotatable bonds is 8. The summed E-state index contributed by atoms with van der Waals surface area (Å²) in [7, 11) is 0. The second-order valence-electron chi connectivity index (χ2n) is 4.75. The van der Waals surface area contributed by atoms with Crippen molar-refractivity contribution in [1.82, 2.24) is 4.90 Å². The van der Waals surface area contributed by atoms with Crippen molar-refractivity contribution in [2.75, 3.05) is 25.0 Å². The SMILES string of the molecule is CCCN(CCC)C(=O)CCNc1cccc(C#N)c1. The zero-order chi connectivity index (χ0) is 14.8. The van der Waals surface area contributed by atoms with Crippen molar-refractivity contribution >= 4 is 11.6 Å². The summed E-state index contributed by atoms with van der Waals surface area (Å²) in [6, 6.07) is 9.40. The third-order valence-corrected chi connectivity index (χ3v) is 3.00. The molecule has 4 heteroatoms. The average molecular weight is 273 g/mol. The topological polar surface area (TPSA) is 56.1 Å². The molecule has 0 aliphatic carbocycles. The maximum absolute atomic E-state index is 12.1. The molecule has 1 aromatic carbocycles. The number of hydrogen-bond donors (Lipinski definition) is 1. The van der Waals surface area contributed by atoms with E-state index in [2.05, 4.69) is 25.2 Å². The van der Waals surface area contributed by atoms with Gasteiger partial charge in [-0.3, -0.25) is 4.79 Å². The number of carbonyl (C=O) groups excluding carboxylic acids is 1. The second kappa shape index (κ2) is 8.98. The standard InChI is InChI=1S/C16H23N3O/c1-3-10-19(11-4-2)16(20)8-9-18-15-7-5-6-14(12-15)13-17/h5-7,12,18H,3-4,8-11H2,1-2H3. The van der Waals surface area contributed by atoms with Gasteiger partial charge in [0.2, 0.25) is 5.91 Å². The van der Waals surface area contributed by atoms with Crippen LogP contribution in [0.1, 0.15) is 38.7 Å². The van der Waals surface area contributed by atoms with Crippen LogP contribution in [0.3, 0.4) is 0 Å². The largest absolute Gasteiger partial charge is 0.384 e. The zero-order valence-electron chi connectivity index (χ0n) is 12.4. The van der Waals surface area contributed by atoms with Crippen LogP contribution in [-0.2, 0) is 4.79 Å². The maximum Gasteiger partial charge on any atom is 0.224 e. The average Bonchev–Trinajstić information content (AvgIpc) is 2.47. The predicted molar refractivity (Wildman–Crippen MR) is 81.4 cm³/mol. The van der Waals surface area contributed by atoms with Gasteiger partial charge in [0.15, 0.2) is 0 Å². The normalized spacial score (nSPS) is 9.85. The molecule has 0 saturated heterocycles. The summed E-state index contributed by atoms with van der Waals surface area (Å²) in [5.74, 6) is 0.192. The van der Waals surface area contributed by atoms with Crippen molar-refractivity contribution in [3.8, 4) is 6.07 Å². The van der Waals surface area contributed by atoms with E-state index >= 15 is 0 Å². The van der Waals surface area contributed by atoms with Crippen molar-refractivity contribution in [3.63, 3.8) is 0 Å². The van der Waals surface area contributed by atoms with Gasteiger partial charge >= 0.3 is 0 Å². The molecular formula is C16H23N3O. The first-order valence-corrected chi connectivity index (χ1v) is 7.23. The van der Waals surface area contributed by atoms with Crippen LogP contribution in [0.5, 0.6) is 0 Å². The summed E-state index contributed by atoms with van der Waals surface area (Å²) >= 11 is 0. The van der Waals surface area contributed by atoms with E-state index in [0.29, 0.717) is 18.5 Å². The van der Waals surface area contributed by atoms with Crippen LogP contribution in [0.25, 0.3) is 0 Å². The summed E-state index contributed by atoms with van der Waals surface area (Å²) < 4.78 is 0. The quantitative estimate of drug-likeness (QED) is 0.792. The van der Waals surface area contributed by atoms with E-state index in [1.807, 2.05) is 17.0 Å². The molecule has 108 valence electrons. The van der Waals surface area contributed by atoms with Crippen molar-refractivity contribution < 1.29 is 4.79 Å². The Hall–Kier alpha value is -2.02. The predicted octanol–water partition coefficient (Wildman–Crippen LogP) is 3.01. The van der Waals surface area contributed by atoms with Gasteiger partial charge in [-0.25, -0.2) is 0 Å². The van der Waals surface area contributed by atoms with Gasteiger partial charge in [0, 0.05) is 31.7 Å². The van der Waals surface area contributed by atoms with Crippen LogP contribution in [0.2, 0.25) is 0 Å². The Morgan fingerprint density at radius 1 is 1.30 bits per heavy atom. The lowest BCUT2D eigenvalue weighted by atomic mass is 10.2. The number of anilines is 1. The van der Waals surface area contributed by atoms with Gasteiger partial charge in [0.1, 0.15) is 0 Å². The van der Waals surface area contributed by atoms with Gasteiger partial charge < -0.3 is 10.2 Å². The van der Waals surface area contributed by atoms with Crippen LogP contribution >= 0.6 is 0 Å². The smallest absolute Gasteiger partial charge is 0.224 e. The Kier molecular flexibility index (Phi) is 7.20. The summed E-state index contributed by atoms with van der Waals surface area (Å²) in [6.07, 6.45) is 2.46. The molecule has 1 N–H and O–H groups in total. The van der Waals surface area contributed by atoms with Gasteiger partial charge in [-0.15, -0.1) is 0 Å². The molecule has 0 bridgehead atoms. The number of nitrogens with one attached hydrogen (secondary N) is 1. The van der Waals surface area contributed by atoms with Crippen LogP contribution in [0.4, 0.5) is 5.69 Å².